The van der Waals surface area contributed by atoms with Crippen LogP contribution in [0.2, 0.25) is 0 Å². The topological polar surface area (TPSA) is 12.0 Å². The molecule has 0 heterocycles. The van der Waals surface area contributed by atoms with Gasteiger partial charge in [0.25, 0.3) is 0 Å². The van der Waals surface area contributed by atoms with Gasteiger partial charge in [0.2, 0.25) is 0 Å². The summed E-state index contributed by atoms with van der Waals surface area (Å²) in [4.78, 5) is 0. The van der Waals surface area contributed by atoms with E-state index in [2.05, 4.69) is 61.6 Å². The van der Waals surface area contributed by atoms with E-state index in [1.807, 2.05) is 7.05 Å². The van der Waals surface area contributed by atoms with Gasteiger partial charge in [-0.3, -0.25) is 0 Å². The van der Waals surface area contributed by atoms with E-state index in [1.165, 1.54) is 36.1 Å². The van der Waals surface area contributed by atoms with Crippen LogP contribution in [0, 0.1) is 6.92 Å². The van der Waals surface area contributed by atoms with Gasteiger partial charge in [0, 0.05) is 12.7 Å². The molecule has 0 amide bonds. The van der Waals surface area contributed by atoms with Crippen LogP contribution in [0.1, 0.15) is 53.9 Å². The first-order valence-electron chi connectivity index (χ1n) is 8.10. The zero-order valence-electron chi connectivity index (χ0n) is 13.3. The fourth-order valence-corrected chi connectivity index (χ4v) is 3.98. The van der Waals surface area contributed by atoms with Crippen LogP contribution in [0.3, 0.4) is 0 Å². The van der Waals surface area contributed by atoms with E-state index in [0.29, 0.717) is 11.8 Å². The first kappa shape index (κ1) is 14.2. The van der Waals surface area contributed by atoms with Crippen LogP contribution in [0.5, 0.6) is 0 Å². The van der Waals surface area contributed by atoms with E-state index in [9.17, 15) is 0 Å². The molecule has 2 aromatic carbocycles. The maximum Gasteiger partial charge on any atom is 0.0340 e. The summed E-state index contributed by atoms with van der Waals surface area (Å²) >= 11 is 0. The number of rotatable bonds is 3. The maximum absolute atomic E-state index is 3.24. The average molecular weight is 279 g/mol. The molecule has 0 aromatic heterocycles. The zero-order chi connectivity index (χ0) is 14.8. The predicted octanol–water partition coefficient (Wildman–Crippen LogP) is 5.26. The Hall–Kier alpha value is -1.76. The molecular formula is C20H25N. The summed E-state index contributed by atoms with van der Waals surface area (Å²) in [6.45, 7) is 4.58. The van der Waals surface area contributed by atoms with Crippen LogP contribution in [0.15, 0.2) is 42.5 Å². The molecule has 1 nitrogen and oxygen atoms in total. The zero-order valence-corrected chi connectivity index (χ0v) is 13.3. The number of anilines is 1. The van der Waals surface area contributed by atoms with Crippen molar-refractivity contribution in [1.82, 2.24) is 0 Å². The van der Waals surface area contributed by atoms with Gasteiger partial charge in [-0.2, -0.15) is 0 Å². The number of hydrogen-bond acceptors (Lipinski definition) is 1. The van der Waals surface area contributed by atoms with Crippen molar-refractivity contribution in [2.24, 2.45) is 0 Å². The third kappa shape index (κ3) is 2.57. The Morgan fingerprint density at radius 3 is 2.62 bits per heavy atom. The van der Waals surface area contributed by atoms with Crippen LogP contribution in [-0.2, 0) is 6.42 Å². The Kier molecular flexibility index (Phi) is 4.01. The normalized spacial score (nSPS) is 20.9. The van der Waals surface area contributed by atoms with E-state index in [0.717, 1.165) is 0 Å². The molecule has 0 saturated carbocycles. The van der Waals surface area contributed by atoms with Gasteiger partial charge in [-0.05, 0) is 72.4 Å². The molecule has 110 valence electrons. The van der Waals surface area contributed by atoms with Crippen LogP contribution in [0.25, 0.3) is 0 Å². The lowest BCUT2D eigenvalue weighted by atomic mass is 9.70. The van der Waals surface area contributed by atoms with Crippen LogP contribution >= 0.6 is 0 Å². The maximum atomic E-state index is 3.24. The Labute approximate surface area is 128 Å². The minimum atomic E-state index is 0.661. The highest BCUT2D eigenvalue weighted by atomic mass is 14.8. The highest BCUT2D eigenvalue weighted by molar-refractivity contribution is 5.50. The quantitative estimate of drug-likeness (QED) is 0.808. The molecular weight excluding hydrogens is 254 g/mol. The second-order valence-corrected chi connectivity index (χ2v) is 6.18. The number of benzene rings is 2. The van der Waals surface area contributed by atoms with E-state index >= 15 is 0 Å². The molecule has 1 aliphatic carbocycles. The monoisotopic (exact) mass is 279 g/mol. The third-order valence-electron chi connectivity index (χ3n) is 5.06. The van der Waals surface area contributed by atoms with E-state index in [4.69, 9.17) is 0 Å². The standard InChI is InChI=1S/C20H25N/c1-4-17-19-8-6-5-7-15(19)9-11-20(17)18-12-10-16(21-3)13-14(18)2/h5-8,10,12-13,17,20-21H,4,9,11H2,1-3H3. The molecule has 21 heavy (non-hydrogen) atoms. The second kappa shape index (κ2) is 5.93. The number of hydrogen-bond donors (Lipinski definition) is 1. The van der Waals surface area contributed by atoms with Gasteiger partial charge in [0.05, 0.1) is 0 Å². The van der Waals surface area contributed by atoms with Crippen molar-refractivity contribution in [3.63, 3.8) is 0 Å². The summed E-state index contributed by atoms with van der Waals surface area (Å²) in [5.41, 5.74) is 7.30. The highest BCUT2D eigenvalue weighted by Crippen LogP contribution is 2.45. The van der Waals surface area contributed by atoms with Crippen molar-refractivity contribution in [2.45, 2.75) is 44.9 Å². The molecule has 3 rings (SSSR count). The van der Waals surface area contributed by atoms with E-state index in [-0.39, 0.29) is 0 Å². The van der Waals surface area contributed by atoms with Crippen LogP contribution in [0.4, 0.5) is 5.69 Å². The molecule has 1 aliphatic rings. The molecule has 1 N–H and O–H groups in total. The molecule has 0 saturated heterocycles. The summed E-state index contributed by atoms with van der Waals surface area (Å²) in [5.74, 6) is 1.32. The fourth-order valence-electron chi connectivity index (χ4n) is 3.98. The lowest BCUT2D eigenvalue weighted by molar-refractivity contribution is 0.461. The lowest BCUT2D eigenvalue weighted by Gasteiger charge is -2.34. The van der Waals surface area contributed by atoms with E-state index in [1.54, 1.807) is 11.1 Å². The summed E-state index contributed by atoms with van der Waals surface area (Å²) in [6.07, 6.45) is 3.70. The minimum Gasteiger partial charge on any atom is -0.388 e. The van der Waals surface area contributed by atoms with Crippen LogP contribution < -0.4 is 5.32 Å². The molecule has 0 aliphatic heterocycles. The second-order valence-electron chi connectivity index (χ2n) is 6.18. The SMILES string of the molecule is CCC1c2ccccc2CCC1c1ccc(NC)cc1C. The fraction of sp³-hybridized carbons (Fsp3) is 0.400. The Balaban J connectivity index is 2.00. The van der Waals surface area contributed by atoms with Crippen molar-refractivity contribution >= 4 is 5.69 Å². The first-order valence-corrected chi connectivity index (χ1v) is 8.10. The molecule has 0 bridgehead atoms. The lowest BCUT2D eigenvalue weighted by Crippen LogP contribution is -2.19. The van der Waals surface area contributed by atoms with Gasteiger partial charge < -0.3 is 5.32 Å². The molecule has 0 radical (unpaired) electrons. The summed E-state index contributed by atoms with van der Waals surface area (Å²) in [6, 6.07) is 15.9. The van der Waals surface area contributed by atoms with Gasteiger partial charge in [-0.25, -0.2) is 0 Å². The van der Waals surface area contributed by atoms with Gasteiger partial charge in [-0.15, -0.1) is 0 Å². The molecule has 2 unspecified atom stereocenters. The van der Waals surface area contributed by atoms with Crippen molar-refractivity contribution in [3.8, 4) is 0 Å². The van der Waals surface area contributed by atoms with Gasteiger partial charge in [0.15, 0.2) is 0 Å². The van der Waals surface area contributed by atoms with Crippen molar-refractivity contribution < 1.29 is 0 Å². The molecule has 1 heteroatoms. The van der Waals surface area contributed by atoms with Gasteiger partial charge in [-0.1, -0.05) is 37.3 Å². The largest absolute Gasteiger partial charge is 0.388 e. The molecule has 0 fully saturated rings. The number of fused-ring (bicyclic) bond motifs is 1. The van der Waals surface area contributed by atoms with Gasteiger partial charge >= 0.3 is 0 Å². The smallest absolute Gasteiger partial charge is 0.0340 e. The molecule has 2 aromatic rings. The van der Waals surface area contributed by atoms with Crippen molar-refractivity contribution in [1.29, 1.82) is 0 Å². The first-order chi connectivity index (χ1) is 10.2. The molecule has 0 spiro atoms. The number of nitrogens with one attached hydrogen (secondary N) is 1. The summed E-state index contributed by atoms with van der Waals surface area (Å²) in [7, 11) is 1.99. The summed E-state index contributed by atoms with van der Waals surface area (Å²) in [5, 5.41) is 3.24. The van der Waals surface area contributed by atoms with Crippen LogP contribution in [-0.4, -0.2) is 7.05 Å². The Morgan fingerprint density at radius 1 is 1.10 bits per heavy atom. The van der Waals surface area contributed by atoms with Crippen molar-refractivity contribution in [3.05, 3.63) is 64.7 Å². The third-order valence-corrected chi connectivity index (χ3v) is 5.06. The highest BCUT2D eigenvalue weighted by Gasteiger charge is 2.29. The Bertz CT molecular complexity index is 629. The predicted molar refractivity (Wildman–Crippen MR) is 91.3 cm³/mol. The minimum absolute atomic E-state index is 0.661. The van der Waals surface area contributed by atoms with Crippen molar-refractivity contribution in [2.75, 3.05) is 12.4 Å². The average Bonchev–Trinajstić information content (AvgIpc) is 2.53. The molecule has 2 atom stereocenters. The summed E-state index contributed by atoms with van der Waals surface area (Å²) < 4.78 is 0. The Morgan fingerprint density at radius 2 is 1.90 bits per heavy atom. The van der Waals surface area contributed by atoms with Gasteiger partial charge in [0.1, 0.15) is 0 Å². The number of aryl methyl sites for hydroxylation is 2. The van der Waals surface area contributed by atoms with E-state index < -0.39 is 0 Å².